The van der Waals surface area contributed by atoms with Gasteiger partial charge < -0.3 is 29.9 Å². The number of alkyl halides is 3. The fourth-order valence-electron chi connectivity index (χ4n) is 9.70. The van der Waals surface area contributed by atoms with Gasteiger partial charge in [0.25, 0.3) is 17.7 Å². The lowest BCUT2D eigenvalue weighted by Gasteiger charge is -2.37. The summed E-state index contributed by atoms with van der Waals surface area (Å²) >= 11 is 0. The Morgan fingerprint density at radius 1 is 0.842 bits per heavy atom. The van der Waals surface area contributed by atoms with Gasteiger partial charge in [0.1, 0.15) is 17.8 Å². The second kappa shape index (κ2) is 23.2. The van der Waals surface area contributed by atoms with Crippen molar-refractivity contribution in [3.63, 3.8) is 0 Å². The number of hydrogen-bond donors (Lipinski definition) is 3. The van der Waals surface area contributed by atoms with Crippen LogP contribution in [0, 0.1) is 6.92 Å². The standard InChI is InChI=1S/C53H56F3N11O9/c1-32-40(28-37(30-57-32)59-48(71)33-8-5-9-35(26-33)53(54,55)56)34-27-43(50(58-29-34)76-38-17-24-75-25-18-38)64-20-22-65(23-21-64)46(70)14-6-10-36-31-66(63-62-36)19-4-2-3-13-44(68)60-41-12-7-11-39-47(41)52(74)67(51(39)73)42-15-16-45(69)61-49(42)72/h5,7-9,11-12,26-31,38,42H,2-4,6,10,13-25H2,1H3,(H,59,71)(H,60,68)(H,61,69,72). The third-order valence-electron chi connectivity index (χ3n) is 13.8. The summed E-state index contributed by atoms with van der Waals surface area (Å²) in [7, 11) is 0. The number of benzene rings is 2. The van der Waals surface area contributed by atoms with Crippen LogP contribution in [0.2, 0.25) is 0 Å². The number of nitrogens with one attached hydrogen (secondary N) is 3. The number of aromatic nitrogens is 5. The first-order valence-corrected chi connectivity index (χ1v) is 25.4. The summed E-state index contributed by atoms with van der Waals surface area (Å²) in [6, 6.07) is 11.3. The predicted octanol–water partition coefficient (Wildman–Crippen LogP) is 6.14. The molecule has 7 heterocycles. The molecule has 3 fully saturated rings. The molecule has 0 saturated carbocycles. The van der Waals surface area contributed by atoms with Gasteiger partial charge in [-0.15, -0.1) is 5.10 Å². The summed E-state index contributed by atoms with van der Waals surface area (Å²) in [5.41, 5.74) is 2.96. The Hall–Kier alpha value is -8.08. The van der Waals surface area contributed by atoms with Crippen molar-refractivity contribution in [2.45, 2.75) is 102 Å². The molecule has 0 spiro atoms. The number of nitrogens with zero attached hydrogens (tertiary/aromatic N) is 8. The van der Waals surface area contributed by atoms with E-state index in [-0.39, 0.29) is 65.2 Å². The number of unbranched alkanes of at least 4 members (excludes halogenated alkanes) is 2. The van der Waals surface area contributed by atoms with E-state index < -0.39 is 47.3 Å². The molecule has 5 aromatic rings. The van der Waals surface area contributed by atoms with Gasteiger partial charge >= 0.3 is 6.18 Å². The number of aryl methyl sites for hydroxylation is 3. The molecule has 7 amide bonds. The Kier molecular flexibility index (Phi) is 16.1. The number of anilines is 3. The van der Waals surface area contributed by atoms with Gasteiger partial charge in [-0.2, -0.15) is 13.2 Å². The SMILES string of the molecule is Cc1ncc(NC(=O)c2cccc(C(F)(F)F)c2)cc1-c1cnc(OC2CCOCC2)c(N2CCN(C(=O)CCCc3cn(CCCCCC(=O)Nc4cccc5c4C(=O)N(C4CCC(=O)NC4=O)C5=O)nn3)CC2)c1. The van der Waals surface area contributed by atoms with Gasteiger partial charge in [0.2, 0.25) is 29.5 Å². The molecule has 0 bridgehead atoms. The number of imide groups is 2. The van der Waals surface area contributed by atoms with E-state index in [1.807, 2.05) is 24.1 Å². The van der Waals surface area contributed by atoms with Crippen LogP contribution in [0.15, 0.2) is 73.2 Å². The van der Waals surface area contributed by atoms with Gasteiger partial charge in [-0.05, 0) is 81.5 Å². The van der Waals surface area contributed by atoms with Crippen molar-refractivity contribution in [1.29, 1.82) is 0 Å². The molecule has 23 heteroatoms. The van der Waals surface area contributed by atoms with Crippen LogP contribution in [0.25, 0.3) is 11.1 Å². The molecule has 3 saturated heterocycles. The largest absolute Gasteiger partial charge is 0.473 e. The molecule has 398 valence electrons. The Balaban J connectivity index is 0.729. The van der Waals surface area contributed by atoms with Crippen LogP contribution in [0.3, 0.4) is 0 Å². The van der Waals surface area contributed by atoms with Gasteiger partial charge in [-0.1, -0.05) is 23.8 Å². The lowest BCUT2D eigenvalue weighted by Crippen LogP contribution is -2.54. The predicted molar refractivity (Wildman–Crippen MR) is 268 cm³/mol. The van der Waals surface area contributed by atoms with Crippen LogP contribution < -0.4 is 25.6 Å². The van der Waals surface area contributed by atoms with Crippen LogP contribution in [0.1, 0.15) is 112 Å². The number of carbonyl (C=O) groups is 7. The first kappa shape index (κ1) is 52.8. The molecule has 4 aliphatic rings. The highest BCUT2D eigenvalue weighted by Crippen LogP contribution is 2.37. The van der Waals surface area contributed by atoms with E-state index in [0.29, 0.717) is 114 Å². The van der Waals surface area contributed by atoms with Crippen molar-refractivity contribution in [3.8, 4) is 17.0 Å². The number of hydrogen-bond acceptors (Lipinski definition) is 14. The maximum absolute atomic E-state index is 13.5. The lowest BCUT2D eigenvalue weighted by molar-refractivity contribution is -0.138. The van der Waals surface area contributed by atoms with Crippen molar-refractivity contribution in [2.24, 2.45) is 0 Å². The van der Waals surface area contributed by atoms with E-state index >= 15 is 0 Å². The fourth-order valence-corrected chi connectivity index (χ4v) is 9.70. The summed E-state index contributed by atoms with van der Waals surface area (Å²) in [4.78, 5) is 104. The second-order valence-electron chi connectivity index (χ2n) is 19.1. The van der Waals surface area contributed by atoms with E-state index in [2.05, 4.69) is 36.1 Å². The normalized spacial score (nSPS) is 17.2. The van der Waals surface area contributed by atoms with Crippen molar-refractivity contribution < 1.29 is 56.2 Å². The van der Waals surface area contributed by atoms with Gasteiger partial charge in [-0.25, -0.2) is 4.98 Å². The quantitative estimate of drug-likeness (QED) is 0.0660. The maximum Gasteiger partial charge on any atom is 0.416 e. The highest BCUT2D eigenvalue weighted by molar-refractivity contribution is 6.26. The zero-order valence-electron chi connectivity index (χ0n) is 41.7. The molecule has 1 unspecified atom stereocenters. The van der Waals surface area contributed by atoms with E-state index in [0.717, 1.165) is 34.8 Å². The van der Waals surface area contributed by atoms with E-state index in [1.54, 1.807) is 23.0 Å². The number of halogens is 3. The third kappa shape index (κ3) is 12.4. The summed E-state index contributed by atoms with van der Waals surface area (Å²) in [6.45, 7) is 5.48. The average molecular weight is 1050 g/mol. The van der Waals surface area contributed by atoms with Crippen LogP contribution in [-0.2, 0) is 43.1 Å². The Labute approximate surface area is 434 Å². The minimum atomic E-state index is -4.60. The van der Waals surface area contributed by atoms with E-state index in [1.165, 1.54) is 30.5 Å². The van der Waals surface area contributed by atoms with Gasteiger partial charge in [-0.3, -0.25) is 53.4 Å². The highest BCUT2D eigenvalue weighted by Gasteiger charge is 2.46. The van der Waals surface area contributed by atoms with Gasteiger partial charge in [0, 0.05) is 99.6 Å². The summed E-state index contributed by atoms with van der Waals surface area (Å²) in [5, 5.41) is 16.1. The molecule has 76 heavy (non-hydrogen) atoms. The third-order valence-corrected chi connectivity index (χ3v) is 13.8. The zero-order chi connectivity index (χ0) is 53.5. The maximum atomic E-state index is 13.5. The van der Waals surface area contributed by atoms with Crippen LogP contribution in [0.4, 0.5) is 30.2 Å². The van der Waals surface area contributed by atoms with Crippen LogP contribution >= 0.6 is 0 Å². The van der Waals surface area contributed by atoms with Gasteiger partial charge in [0.15, 0.2) is 0 Å². The summed E-state index contributed by atoms with van der Waals surface area (Å²) < 4.78 is 53.8. The highest BCUT2D eigenvalue weighted by atomic mass is 19.4. The molecule has 20 nitrogen and oxygen atoms in total. The van der Waals surface area contributed by atoms with Crippen molar-refractivity contribution in [1.82, 2.24) is 40.1 Å². The molecule has 1 atom stereocenters. The Morgan fingerprint density at radius 3 is 2.41 bits per heavy atom. The van der Waals surface area contributed by atoms with Crippen molar-refractivity contribution in [2.75, 3.05) is 54.9 Å². The van der Waals surface area contributed by atoms with Crippen LogP contribution in [-0.4, -0.2) is 128 Å². The lowest BCUT2D eigenvalue weighted by atomic mass is 10.0. The number of rotatable bonds is 18. The monoisotopic (exact) mass is 1050 g/mol. The Bertz CT molecular complexity index is 3040. The minimum Gasteiger partial charge on any atom is -0.473 e. The summed E-state index contributed by atoms with van der Waals surface area (Å²) in [6.07, 6.45) is 5.31. The molecule has 2 aromatic carbocycles. The number of ether oxygens (including phenoxy) is 2. The number of piperidine rings is 1. The first-order chi connectivity index (χ1) is 36.6. The molecule has 0 radical (unpaired) electrons. The van der Waals surface area contributed by atoms with Gasteiger partial charge in [0.05, 0.1) is 53.2 Å². The minimum absolute atomic E-state index is 0.000607. The number of carbonyl (C=O) groups excluding carboxylic acids is 7. The molecule has 4 aliphatic heterocycles. The number of piperazine rings is 1. The zero-order valence-corrected chi connectivity index (χ0v) is 41.7. The van der Waals surface area contributed by atoms with Crippen LogP contribution in [0.5, 0.6) is 5.88 Å². The number of pyridine rings is 2. The topological polar surface area (TPSA) is 240 Å². The summed E-state index contributed by atoms with van der Waals surface area (Å²) in [5.74, 6) is -3.10. The molecule has 3 N–H and O–H groups in total. The molecule has 0 aliphatic carbocycles. The molecule has 3 aromatic heterocycles. The number of fused-ring (bicyclic) bond motifs is 1. The smallest absolute Gasteiger partial charge is 0.416 e. The second-order valence-corrected chi connectivity index (χ2v) is 19.1. The van der Waals surface area contributed by atoms with E-state index in [4.69, 9.17) is 14.5 Å². The Morgan fingerprint density at radius 2 is 1.63 bits per heavy atom. The average Bonchev–Trinajstić information content (AvgIpc) is 4.02. The molecule has 9 rings (SSSR count). The molecular weight excluding hydrogens is 992 g/mol. The van der Waals surface area contributed by atoms with Crippen molar-refractivity contribution in [3.05, 3.63) is 107 Å². The first-order valence-electron chi connectivity index (χ1n) is 25.4. The van der Waals surface area contributed by atoms with Crippen molar-refractivity contribution >= 4 is 58.4 Å². The molecular formula is C53H56F3N11O9. The fraction of sp³-hybridized carbons (Fsp3) is 0.415. The van der Waals surface area contributed by atoms with E-state index in [9.17, 15) is 46.7 Å². The number of amides is 7.